The number of oxazole rings is 1. The molecule has 0 bridgehead atoms. The lowest BCUT2D eigenvalue weighted by atomic mass is 10.0. The molecule has 0 aliphatic carbocycles. The number of aromatic nitrogens is 5. The molecule has 1 unspecified atom stereocenters. The molecule has 0 saturated carbocycles. The van der Waals surface area contributed by atoms with Crippen molar-refractivity contribution in [3.8, 4) is 0 Å². The molecule has 1 aromatic carbocycles. The van der Waals surface area contributed by atoms with E-state index in [1.165, 1.54) is 0 Å². The number of hydrogen-bond donors (Lipinski definition) is 1. The van der Waals surface area contributed by atoms with E-state index in [0.29, 0.717) is 5.89 Å². The molecule has 4 rings (SSSR count). The van der Waals surface area contributed by atoms with E-state index in [4.69, 9.17) is 4.42 Å². The predicted octanol–water partition coefficient (Wildman–Crippen LogP) is 2.77. The van der Waals surface area contributed by atoms with Crippen molar-refractivity contribution in [2.75, 3.05) is 0 Å². The van der Waals surface area contributed by atoms with Crippen molar-refractivity contribution in [3.05, 3.63) is 67.2 Å². The molecule has 3 heterocycles. The number of nitrogens with zero attached hydrogens (tertiary/aromatic N) is 4. The maximum Gasteiger partial charge on any atom is 0.199 e. The van der Waals surface area contributed by atoms with Crippen molar-refractivity contribution in [1.29, 1.82) is 0 Å². The van der Waals surface area contributed by atoms with E-state index >= 15 is 0 Å². The molecule has 4 aromatic rings. The molecule has 6 nitrogen and oxygen atoms in total. The maximum atomic E-state index is 5.52. The molecule has 1 N–H and O–H groups in total. The molecular weight excluding hydrogens is 278 g/mol. The highest BCUT2D eigenvalue weighted by molar-refractivity contribution is 5.74. The average molecular weight is 293 g/mol. The first kappa shape index (κ1) is 12.8. The van der Waals surface area contributed by atoms with Crippen LogP contribution in [-0.2, 0) is 13.0 Å². The molecule has 0 fully saturated rings. The van der Waals surface area contributed by atoms with Crippen molar-refractivity contribution in [2.45, 2.75) is 18.9 Å². The SMILES string of the molecule is c1ccc2c(c1)ncn2CC(Cc1ncc[nH]1)c1ncco1. The first-order chi connectivity index (χ1) is 10.9. The predicted molar refractivity (Wildman–Crippen MR) is 81.3 cm³/mol. The van der Waals surface area contributed by atoms with Gasteiger partial charge in [0.05, 0.1) is 29.5 Å². The van der Waals surface area contributed by atoms with Crippen LogP contribution in [-0.4, -0.2) is 24.5 Å². The van der Waals surface area contributed by atoms with Gasteiger partial charge in [0.2, 0.25) is 0 Å². The lowest BCUT2D eigenvalue weighted by Gasteiger charge is -2.13. The molecule has 0 saturated heterocycles. The molecule has 0 aliphatic heterocycles. The van der Waals surface area contributed by atoms with Crippen LogP contribution in [0, 0.1) is 0 Å². The standard InChI is InChI=1S/C16H15N5O/c1-2-4-14-13(3-1)20-11-21(14)10-12(16-19-7-8-22-16)9-15-17-5-6-18-15/h1-8,11-12H,9-10H2,(H,17,18). The second kappa shape index (κ2) is 5.48. The highest BCUT2D eigenvalue weighted by Crippen LogP contribution is 2.22. The summed E-state index contributed by atoms with van der Waals surface area (Å²) in [6.45, 7) is 0.738. The van der Waals surface area contributed by atoms with E-state index in [0.717, 1.165) is 29.8 Å². The van der Waals surface area contributed by atoms with Gasteiger partial charge in [0.15, 0.2) is 5.89 Å². The van der Waals surface area contributed by atoms with E-state index in [1.807, 2.05) is 30.7 Å². The number of aromatic amines is 1. The summed E-state index contributed by atoms with van der Waals surface area (Å²) >= 11 is 0. The minimum Gasteiger partial charge on any atom is -0.449 e. The Bertz CT molecular complexity index is 848. The summed E-state index contributed by atoms with van der Waals surface area (Å²) < 4.78 is 7.65. The van der Waals surface area contributed by atoms with Gasteiger partial charge in [-0.25, -0.2) is 15.0 Å². The Hall–Kier alpha value is -2.89. The van der Waals surface area contributed by atoms with Gasteiger partial charge in [-0.1, -0.05) is 12.1 Å². The first-order valence-electron chi connectivity index (χ1n) is 7.17. The number of nitrogens with one attached hydrogen (secondary N) is 1. The smallest absolute Gasteiger partial charge is 0.199 e. The Morgan fingerprint density at radius 3 is 2.91 bits per heavy atom. The number of rotatable bonds is 5. The van der Waals surface area contributed by atoms with Crippen LogP contribution in [0.3, 0.4) is 0 Å². The fourth-order valence-electron chi connectivity index (χ4n) is 2.70. The second-order valence-corrected chi connectivity index (χ2v) is 5.19. The first-order valence-corrected chi connectivity index (χ1v) is 7.17. The molecule has 0 amide bonds. The zero-order chi connectivity index (χ0) is 14.8. The summed E-state index contributed by atoms with van der Waals surface area (Å²) in [7, 11) is 0. The molecule has 3 aromatic heterocycles. The lowest BCUT2D eigenvalue weighted by molar-refractivity contribution is 0.410. The van der Waals surface area contributed by atoms with Gasteiger partial charge in [-0.05, 0) is 12.1 Å². The van der Waals surface area contributed by atoms with Gasteiger partial charge in [-0.3, -0.25) is 0 Å². The van der Waals surface area contributed by atoms with E-state index in [9.17, 15) is 0 Å². The van der Waals surface area contributed by atoms with Gasteiger partial charge >= 0.3 is 0 Å². The summed E-state index contributed by atoms with van der Waals surface area (Å²) in [5.41, 5.74) is 2.10. The van der Waals surface area contributed by atoms with Gasteiger partial charge < -0.3 is 14.0 Å². The number of hydrogen-bond acceptors (Lipinski definition) is 4. The summed E-state index contributed by atoms with van der Waals surface area (Å²) in [6, 6.07) is 8.10. The van der Waals surface area contributed by atoms with Crippen molar-refractivity contribution in [1.82, 2.24) is 24.5 Å². The summed E-state index contributed by atoms with van der Waals surface area (Å²) in [5.74, 6) is 1.74. The maximum absolute atomic E-state index is 5.52. The number of fused-ring (bicyclic) bond motifs is 1. The van der Waals surface area contributed by atoms with Crippen LogP contribution in [0.2, 0.25) is 0 Å². The van der Waals surface area contributed by atoms with Crippen LogP contribution in [0.1, 0.15) is 17.6 Å². The molecule has 0 spiro atoms. The second-order valence-electron chi connectivity index (χ2n) is 5.19. The Kier molecular flexibility index (Phi) is 3.19. The Morgan fingerprint density at radius 1 is 1.14 bits per heavy atom. The Labute approximate surface area is 126 Å². The van der Waals surface area contributed by atoms with Crippen LogP contribution in [0.5, 0.6) is 0 Å². The van der Waals surface area contributed by atoms with E-state index in [1.54, 1.807) is 18.7 Å². The Morgan fingerprint density at radius 2 is 2.09 bits per heavy atom. The molecule has 6 heteroatoms. The van der Waals surface area contributed by atoms with E-state index in [-0.39, 0.29) is 5.92 Å². The minimum absolute atomic E-state index is 0.0961. The van der Waals surface area contributed by atoms with Crippen LogP contribution >= 0.6 is 0 Å². The fourth-order valence-corrected chi connectivity index (χ4v) is 2.70. The van der Waals surface area contributed by atoms with E-state index in [2.05, 4.69) is 30.6 Å². The number of H-pyrrole nitrogens is 1. The van der Waals surface area contributed by atoms with Gasteiger partial charge in [-0.15, -0.1) is 0 Å². The topological polar surface area (TPSA) is 72.5 Å². The largest absolute Gasteiger partial charge is 0.449 e. The summed E-state index contributed by atoms with van der Waals surface area (Å²) in [4.78, 5) is 16.2. The van der Waals surface area contributed by atoms with Crippen LogP contribution in [0.15, 0.2) is 59.9 Å². The minimum atomic E-state index is 0.0961. The molecule has 110 valence electrons. The zero-order valence-corrected chi connectivity index (χ0v) is 11.9. The monoisotopic (exact) mass is 293 g/mol. The van der Waals surface area contributed by atoms with Crippen LogP contribution in [0.4, 0.5) is 0 Å². The van der Waals surface area contributed by atoms with Gasteiger partial charge in [-0.2, -0.15) is 0 Å². The van der Waals surface area contributed by atoms with Crippen LogP contribution < -0.4 is 0 Å². The third-order valence-electron chi connectivity index (χ3n) is 3.74. The summed E-state index contributed by atoms with van der Waals surface area (Å²) in [6.07, 6.45) is 9.47. The van der Waals surface area contributed by atoms with Crippen LogP contribution in [0.25, 0.3) is 11.0 Å². The number of benzene rings is 1. The Balaban J connectivity index is 1.66. The quantitative estimate of drug-likeness (QED) is 0.614. The van der Waals surface area contributed by atoms with Crippen molar-refractivity contribution < 1.29 is 4.42 Å². The number of para-hydroxylation sites is 2. The average Bonchev–Trinajstić information content (AvgIpc) is 3.29. The normalized spacial score (nSPS) is 12.7. The molecule has 0 aliphatic rings. The van der Waals surface area contributed by atoms with Gasteiger partial charge in [0, 0.05) is 25.4 Å². The van der Waals surface area contributed by atoms with Crippen molar-refractivity contribution >= 4 is 11.0 Å². The lowest BCUT2D eigenvalue weighted by Crippen LogP contribution is -2.12. The van der Waals surface area contributed by atoms with Gasteiger partial charge in [0.1, 0.15) is 12.1 Å². The van der Waals surface area contributed by atoms with E-state index < -0.39 is 0 Å². The molecule has 1 atom stereocenters. The molecule has 22 heavy (non-hydrogen) atoms. The zero-order valence-electron chi connectivity index (χ0n) is 11.9. The van der Waals surface area contributed by atoms with Crippen molar-refractivity contribution in [2.24, 2.45) is 0 Å². The highest BCUT2D eigenvalue weighted by Gasteiger charge is 2.19. The number of imidazole rings is 2. The highest BCUT2D eigenvalue weighted by atomic mass is 16.3. The third-order valence-corrected chi connectivity index (χ3v) is 3.74. The van der Waals surface area contributed by atoms with Gasteiger partial charge in [0.25, 0.3) is 0 Å². The molecule has 0 radical (unpaired) electrons. The fraction of sp³-hybridized carbons (Fsp3) is 0.188. The third kappa shape index (κ3) is 2.39. The molecular formula is C16H15N5O. The van der Waals surface area contributed by atoms with Crippen molar-refractivity contribution in [3.63, 3.8) is 0 Å². The summed E-state index contributed by atoms with van der Waals surface area (Å²) in [5, 5.41) is 0.